The molecular weight excluding hydrogens is 250 g/mol. The Hall–Kier alpha value is -1.94. The Morgan fingerprint density at radius 1 is 1.44 bits per heavy atom. The van der Waals surface area contributed by atoms with Gasteiger partial charge in [-0.2, -0.15) is 0 Å². The fourth-order valence-electron chi connectivity index (χ4n) is 1.68. The van der Waals surface area contributed by atoms with E-state index in [1.54, 1.807) is 18.2 Å². The highest BCUT2D eigenvalue weighted by atomic mass is 35.5. The number of nitrogens with zero attached hydrogens (tertiary/aromatic N) is 1. The minimum Gasteiger partial charge on any atom is -0.380 e. The fraction of sp³-hybridized carbons (Fsp3) is 0.154. The molecule has 1 aromatic carbocycles. The SMILES string of the molecule is Cn1ccc(CNc2cc(C(N)=O)ccc2Cl)c1. The molecule has 3 N–H and O–H groups in total. The summed E-state index contributed by atoms with van der Waals surface area (Å²) in [5.41, 5.74) is 7.51. The van der Waals surface area contributed by atoms with Crippen LogP contribution in [0.5, 0.6) is 0 Å². The van der Waals surface area contributed by atoms with Crippen molar-refractivity contribution in [3.05, 3.63) is 52.8 Å². The first kappa shape index (κ1) is 12.5. The monoisotopic (exact) mass is 263 g/mol. The topological polar surface area (TPSA) is 60.1 Å². The minimum absolute atomic E-state index is 0.440. The maximum absolute atomic E-state index is 11.1. The van der Waals surface area contributed by atoms with Crippen LogP contribution in [0.3, 0.4) is 0 Å². The van der Waals surface area contributed by atoms with E-state index >= 15 is 0 Å². The first-order valence-electron chi connectivity index (χ1n) is 5.50. The summed E-state index contributed by atoms with van der Waals surface area (Å²) in [6, 6.07) is 6.94. The van der Waals surface area contributed by atoms with Gasteiger partial charge in [0.05, 0.1) is 10.7 Å². The molecule has 5 heteroatoms. The largest absolute Gasteiger partial charge is 0.380 e. The van der Waals surface area contributed by atoms with E-state index in [-0.39, 0.29) is 0 Å². The molecular formula is C13H14ClN3O. The Balaban J connectivity index is 2.13. The Morgan fingerprint density at radius 2 is 2.22 bits per heavy atom. The summed E-state index contributed by atoms with van der Waals surface area (Å²) in [4.78, 5) is 11.1. The Morgan fingerprint density at radius 3 is 2.83 bits per heavy atom. The van der Waals surface area contributed by atoms with E-state index in [0.29, 0.717) is 22.8 Å². The summed E-state index contributed by atoms with van der Waals surface area (Å²) in [6.07, 6.45) is 3.98. The maximum Gasteiger partial charge on any atom is 0.248 e. The first-order chi connectivity index (χ1) is 8.56. The van der Waals surface area contributed by atoms with Crippen LogP contribution < -0.4 is 11.1 Å². The number of anilines is 1. The van der Waals surface area contributed by atoms with E-state index < -0.39 is 5.91 Å². The van der Waals surface area contributed by atoms with E-state index in [9.17, 15) is 4.79 Å². The number of aryl methyl sites for hydroxylation is 1. The lowest BCUT2D eigenvalue weighted by atomic mass is 10.2. The lowest BCUT2D eigenvalue weighted by molar-refractivity contribution is 0.100. The van der Waals surface area contributed by atoms with Crippen LogP contribution in [-0.2, 0) is 13.6 Å². The van der Waals surface area contributed by atoms with Gasteiger partial charge in [0.2, 0.25) is 5.91 Å². The molecule has 1 heterocycles. The van der Waals surface area contributed by atoms with E-state index in [2.05, 4.69) is 5.32 Å². The van der Waals surface area contributed by atoms with Gasteiger partial charge in [0, 0.05) is 31.5 Å². The average Bonchev–Trinajstić information content (AvgIpc) is 2.74. The molecule has 0 unspecified atom stereocenters. The van der Waals surface area contributed by atoms with Gasteiger partial charge < -0.3 is 15.6 Å². The number of nitrogens with two attached hydrogens (primary N) is 1. The van der Waals surface area contributed by atoms with E-state index in [0.717, 1.165) is 5.56 Å². The molecule has 2 aromatic rings. The molecule has 0 saturated heterocycles. The van der Waals surface area contributed by atoms with Crippen LogP contribution in [-0.4, -0.2) is 10.5 Å². The third-order valence-corrected chi connectivity index (χ3v) is 2.96. The summed E-state index contributed by atoms with van der Waals surface area (Å²) in [5.74, 6) is -0.463. The van der Waals surface area contributed by atoms with Gasteiger partial charge in [0.1, 0.15) is 0 Å². The summed E-state index contributed by atoms with van der Waals surface area (Å²) in [7, 11) is 1.96. The van der Waals surface area contributed by atoms with Crippen molar-refractivity contribution in [1.29, 1.82) is 0 Å². The van der Waals surface area contributed by atoms with Crippen molar-refractivity contribution >= 4 is 23.2 Å². The van der Waals surface area contributed by atoms with Gasteiger partial charge in [0.15, 0.2) is 0 Å². The van der Waals surface area contributed by atoms with Gasteiger partial charge in [-0.05, 0) is 29.8 Å². The lowest BCUT2D eigenvalue weighted by Gasteiger charge is -2.08. The number of benzene rings is 1. The number of carbonyl (C=O) groups is 1. The lowest BCUT2D eigenvalue weighted by Crippen LogP contribution is -2.11. The quantitative estimate of drug-likeness (QED) is 0.890. The molecule has 0 aliphatic carbocycles. The van der Waals surface area contributed by atoms with Crippen LogP contribution in [0.2, 0.25) is 5.02 Å². The van der Waals surface area contributed by atoms with Crippen LogP contribution in [0.25, 0.3) is 0 Å². The molecule has 94 valence electrons. The van der Waals surface area contributed by atoms with Crippen molar-refractivity contribution in [3.8, 4) is 0 Å². The van der Waals surface area contributed by atoms with Crippen LogP contribution in [0.4, 0.5) is 5.69 Å². The van der Waals surface area contributed by atoms with Crippen molar-refractivity contribution in [2.45, 2.75) is 6.54 Å². The number of hydrogen-bond acceptors (Lipinski definition) is 2. The van der Waals surface area contributed by atoms with Crippen LogP contribution >= 0.6 is 11.6 Å². The molecule has 0 atom stereocenters. The number of rotatable bonds is 4. The average molecular weight is 264 g/mol. The van der Waals surface area contributed by atoms with Crippen molar-refractivity contribution in [3.63, 3.8) is 0 Å². The fourth-order valence-corrected chi connectivity index (χ4v) is 1.86. The van der Waals surface area contributed by atoms with Gasteiger partial charge in [-0.1, -0.05) is 11.6 Å². The van der Waals surface area contributed by atoms with Gasteiger partial charge in [-0.15, -0.1) is 0 Å². The summed E-state index contributed by atoms with van der Waals surface area (Å²) >= 11 is 6.05. The molecule has 0 saturated carbocycles. The second-order valence-electron chi connectivity index (χ2n) is 4.10. The highest BCUT2D eigenvalue weighted by Crippen LogP contribution is 2.23. The Bertz CT molecular complexity index is 577. The highest BCUT2D eigenvalue weighted by molar-refractivity contribution is 6.33. The number of aromatic nitrogens is 1. The molecule has 0 spiro atoms. The third-order valence-electron chi connectivity index (χ3n) is 2.63. The van der Waals surface area contributed by atoms with E-state index in [4.69, 9.17) is 17.3 Å². The summed E-state index contributed by atoms with van der Waals surface area (Å²) in [6.45, 7) is 0.642. The second kappa shape index (κ2) is 5.14. The van der Waals surface area contributed by atoms with Gasteiger partial charge in [0.25, 0.3) is 0 Å². The zero-order valence-corrected chi connectivity index (χ0v) is 10.7. The van der Waals surface area contributed by atoms with Crippen LogP contribution in [0.15, 0.2) is 36.7 Å². The van der Waals surface area contributed by atoms with Crippen LogP contribution in [0, 0.1) is 0 Å². The second-order valence-corrected chi connectivity index (χ2v) is 4.50. The Kier molecular flexibility index (Phi) is 3.58. The van der Waals surface area contributed by atoms with Crippen LogP contribution in [0.1, 0.15) is 15.9 Å². The third kappa shape index (κ3) is 2.84. The smallest absolute Gasteiger partial charge is 0.248 e. The minimum atomic E-state index is -0.463. The van der Waals surface area contributed by atoms with Gasteiger partial charge >= 0.3 is 0 Å². The van der Waals surface area contributed by atoms with Crippen molar-refractivity contribution in [2.24, 2.45) is 12.8 Å². The van der Waals surface area contributed by atoms with Crippen molar-refractivity contribution in [1.82, 2.24) is 4.57 Å². The molecule has 18 heavy (non-hydrogen) atoms. The highest BCUT2D eigenvalue weighted by Gasteiger charge is 2.05. The first-order valence-corrected chi connectivity index (χ1v) is 5.88. The predicted molar refractivity (Wildman–Crippen MR) is 72.7 cm³/mol. The van der Waals surface area contributed by atoms with Gasteiger partial charge in [-0.25, -0.2) is 0 Å². The molecule has 0 aliphatic rings. The van der Waals surface area contributed by atoms with E-state index in [1.807, 2.05) is 30.1 Å². The zero-order chi connectivity index (χ0) is 13.1. The normalized spacial score (nSPS) is 10.3. The molecule has 0 fully saturated rings. The predicted octanol–water partition coefficient (Wildman–Crippen LogP) is 2.39. The molecule has 4 nitrogen and oxygen atoms in total. The number of halogens is 1. The van der Waals surface area contributed by atoms with E-state index in [1.165, 1.54) is 0 Å². The Labute approximate surface area is 110 Å². The van der Waals surface area contributed by atoms with Crippen molar-refractivity contribution in [2.75, 3.05) is 5.32 Å². The number of carbonyl (C=O) groups excluding carboxylic acids is 1. The molecule has 0 radical (unpaired) electrons. The van der Waals surface area contributed by atoms with Gasteiger partial charge in [-0.3, -0.25) is 4.79 Å². The number of primary amides is 1. The molecule has 2 rings (SSSR count). The standard InChI is InChI=1S/C13H14ClN3O/c1-17-5-4-9(8-17)7-16-12-6-10(13(15)18)2-3-11(12)14/h2-6,8,16H,7H2,1H3,(H2,15,18). The maximum atomic E-state index is 11.1. The molecule has 1 amide bonds. The summed E-state index contributed by atoms with van der Waals surface area (Å²) < 4.78 is 1.97. The molecule has 0 aliphatic heterocycles. The number of amides is 1. The zero-order valence-electron chi connectivity index (χ0n) is 9.98. The number of nitrogens with one attached hydrogen (secondary N) is 1. The number of hydrogen-bond donors (Lipinski definition) is 2. The molecule has 0 bridgehead atoms. The molecule has 1 aromatic heterocycles. The van der Waals surface area contributed by atoms with Crippen molar-refractivity contribution < 1.29 is 4.79 Å². The summed E-state index contributed by atoms with van der Waals surface area (Å²) in [5, 5.41) is 3.75.